The van der Waals surface area contributed by atoms with Crippen LogP contribution in [0.2, 0.25) is 0 Å². The Hall–Kier alpha value is 1.62. The van der Waals surface area contributed by atoms with Gasteiger partial charge in [-0.25, -0.2) is 0 Å². The quantitative estimate of drug-likeness (QED) is 0.202. The first-order valence-electron chi connectivity index (χ1n) is 4.03. The number of phosphoric ester groups is 1. The molecular formula is C6H11Na2O9P. The van der Waals surface area contributed by atoms with Crippen LogP contribution >= 0.6 is 7.82 Å². The SMILES string of the molecule is O=C[C@@H](O)[C@@H](O)[C@H](O)[C@H](O)COP(=O)([O-])[O-].[Na+].[Na+]. The van der Waals surface area contributed by atoms with Crippen LogP contribution in [0.5, 0.6) is 0 Å². The molecule has 0 spiro atoms. The maximum atomic E-state index is 10.0. The van der Waals surface area contributed by atoms with Crippen molar-refractivity contribution in [1.29, 1.82) is 0 Å². The van der Waals surface area contributed by atoms with Crippen molar-refractivity contribution in [3.05, 3.63) is 0 Å². The number of aldehydes is 1. The average Bonchev–Trinajstić information content (AvgIpc) is 2.21. The first-order chi connectivity index (χ1) is 7.19. The summed E-state index contributed by atoms with van der Waals surface area (Å²) >= 11 is 0. The van der Waals surface area contributed by atoms with Gasteiger partial charge in [0.2, 0.25) is 0 Å². The summed E-state index contributed by atoms with van der Waals surface area (Å²) in [7, 11) is -5.30. The molecule has 0 aromatic carbocycles. The van der Waals surface area contributed by atoms with Crippen molar-refractivity contribution >= 4 is 14.1 Å². The summed E-state index contributed by atoms with van der Waals surface area (Å²) in [4.78, 5) is 30.0. The molecular weight excluding hydrogens is 293 g/mol. The molecule has 0 unspecified atom stereocenters. The van der Waals surface area contributed by atoms with Crippen LogP contribution in [-0.4, -0.2) is 57.7 Å². The van der Waals surface area contributed by atoms with E-state index in [0.29, 0.717) is 0 Å². The second-order valence-corrected chi connectivity index (χ2v) is 4.07. The fourth-order valence-corrected chi connectivity index (χ4v) is 1.11. The topological polar surface area (TPSA) is 170 Å². The predicted octanol–water partition coefficient (Wildman–Crippen LogP) is -10.5. The van der Waals surface area contributed by atoms with Crippen molar-refractivity contribution in [2.75, 3.05) is 6.61 Å². The second kappa shape index (κ2) is 11.3. The van der Waals surface area contributed by atoms with Crippen molar-refractivity contribution in [1.82, 2.24) is 0 Å². The largest absolute Gasteiger partial charge is 1.00 e. The van der Waals surface area contributed by atoms with Gasteiger partial charge < -0.3 is 44.1 Å². The Morgan fingerprint density at radius 2 is 1.56 bits per heavy atom. The molecule has 0 aliphatic carbocycles. The van der Waals surface area contributed by atoms with Gasteiger partial charge in [-0.2, -0.15) is 0 Å². The average molecular weight is 304 g/mol. The number of rotatable bonds is 7. The Labute approximate surface area is 147 Å². The maximum Gasteiger partial charge on any atom is 1.00 e. The number of hydrogen-bond acceptors (Lipinski definition) is 9. The van der Waals surface area contributed by atoms with Gasteiger partial charge in [0.1, 0.15) is 24.4 Å². The fourth-order valence-electron chi connectivity index (χ4n) is 0.776. The van der Waals surface area contributed by atoms with Gasteiger partial charge in [-0.1, -0.05) is 0 Å². The van der Waals surface area contributed by atoms with E-state index in [9.17, 15) is 19.1 Å². The molecule has 0 fully saturated rings. The predicted molar refractivity (Wildman–Crippen MR) is 43.6 cm³/mol. The molecule has 0 aromatic heterocycles. The standard InChI is InChI=1S/C6H13O9P.2Na/c7-1-3(8)5(10)6(11)4(9)2-15-16(12,13)14;;/h1,3-6,8-11H,2H2,(H2,12,13,14);;/q;2*+1/p-2/t3-,4-,5-,6-;;/m1../s1. The summed E-state index contributed by atoms with van der Waals surface area (Å²) in [5.41, 5.74) is 0. The van der Waals surface area contributed by atoms with Crippen molar-refractivity contribution in [2.24, 2.45) is 0 Å². The van der Waals surface area contributed by atoms with Crippen molar-refractivity contribution in [3.63, 3.8) is 0 Å². The van der Waals surface area contributed by atoms with E-state index >= 15 is 0 Å². The Morgan fingerprint density at radius 3 is 1.89 bits per heavy atom. The first kappa shape index (κ1) is 24.6. The molecule has 18 heavy (non-hydrogen) atoms. The zero-order valence-electron chi connectivity index (χ0n) is 9.87. The number of hydrogen-bond donors (Lipinski definition) is 4. The van der Waals surface area contributed by atoms with Crippen LogP contribution in [0.3, 0.4) is 0 Å². The van der Waals surface area contributed by atoms with Crippen LogP contribution in [0, 0.1) is 0 Å². The molecule has 4 atom stereocenters. The number of aliphatic hydroxyl groups is 4. The summed E-state index contributed by atoms with van der Waals surface area (Å²) < 4.78 is 13.6. The van der Waals surface area contributed by atoms with E-state index in [0.717, 1.165) is 0 Å². The molecule has 0 aliphatic rings. The second-order valence-electron chi connectivity index (χ2n) is 2.92. The van der Waals surface area contributed by atoms with Crippen LogP contribution in [-0.2, 0) is 13.9 Å². The minimum Gasteiger partial charge on any atom is -0.790 e. The summed E-state index contributed by atoms with van der Waals surface area (Å²) in [5.74, 6) is 0. The number of carbonyl (C=O) groups is 1. The van der Waals surface area contributed by atoms with Crippen LogP contribution in [0.4, 0.5) is 0 Å². The van der Waals surface area contributed by atoms with E-state index in [4.69, 9.17) is 20.4 Å². The summed E-state index contributed by atoms with van der Waals surface area (Å²) in [6, 6.07) is 0. The zero-order valence-corrected chi connectivity index (χ0v) is 14.8. The van der Waals surface area contributed by atoms with E-state index in [1.54, 1.807) is 0 Å². The van der Waals surface area contributed by atoms with Gasteiger partial charge in [0, 0.05) is 0 Å². The molecule has 0 aliphatic heterocycles. The third-order valence-electron chi connectivity index (χ3n) is 1.64. The molecule has 0 heterocycles. The van der Waals surface area contributed by atoms with Gasteiger partial charge in [0.15, 0.2) is 6.29 Å². The summed E-state index contributed by atoms with van der Waals surface area (Å²) in [6.45, 7) is -1.09. The van der Waals surface area contributed by atoms with Crippen molar-refractivity contribution in [3.8, 4) is 0 Å². The molecule has 4 N–H and O–H groups in total. The Kier molecular flexibility index (Phi) is 15.5. The minimum absolute atomic E-state index is 0. The normalized spacial score (nSPS) is 17.7. The van der Waals surface area contributed by atoms with Crippen LogP contribution in [0.25, 0.3) is 0 Å². The van der Waals surface area contributed by atoms with E-state index in [1.807, 2.05) is 0 Å². The molecule has 0 radical (unpaired) electrons. The third-order valence-corrected chi connectivity index (χ3v) is 2.10. The van der Waals surface area contributed by atoms with Gasteiger partial charge in [-0.05, 0) is 0 Å². The fraction of sp³-hybridized carbons (Fsp3) is 0.833. The molecule has 12 heteroatoms. The maximum absolute atomic E-state index is 10.0. The number of carbonyl (C=O) groups excluding carboxylic acids is 1. The summed E-state index contributed by atoms with van der Waals surface area (Å²) in [6.07, 6.45) is -8.04. The van der Waals surface area contributed by atoms with E-state index in [2.05, 4.69) is 4.52 Å². The van der Waals surface area contributed by atoms with Gasteiger partial charge in [-0.15, -0.1) is 0 Å². The van der Waals surface area contributed by atoms with Crippen LogP contribution in [0.1, 0.15) is 0 Å². The van der Waals surface area contributed by atoms with E-state index in [-0.39, 0.29) is 65.4 Å². The number of phosphoric acid groups is 1. The monoisotopic (exact) mass is 304 g/mol. The smallest absolute Gasteiger partial charge is 0.790 e. The molecule has 0 aromatic rings. The summed E-state index contributed by atoms with van der Waals surface area (Å²) in [5, 5.41) is 35.9. The van der Waals surface area contributed by atoms with Gasteiger partial charge >= 0.3 is 59.1 Å². The van der Waals surface area contributed by atoms with Crippen LogP contribution in [0.15, 0.2) is 0 Å². The molecule has 0 rings (SSSR count). The Morgan fingerprint density at radius 1 is 1.11 bits per heavy atom. The Bertz CT molecular complexity index is 272. The van der Waals surface area contributed by atoms with Crippen molar-refractivity contribution in [2.45, 2.75) is 24.4 Å². The van der Waals surface area contributed by atoms with Gasteiger partial charge in [0.25, 0.3) is 0 Å². The molecule has 0 bridgehead atoms. The zero-order chi connectivity index (χ0) is 12.9. The van der Waals surface area contributed by atoms with Gasteiger partial charge in [-0.3, -0.25) is 0 Å². The molecule has 9 nitrogen and oxygen atoms in total. The third kappa shape index (κ3) is 10.4. The molecule has 0 saturated heterocycles. The van der Waals surface area contributed by atoms with E-state index < -0.39 is 38.8 Å². The van der Waals surface area contributed by atoms with Crippen molar-refractivity contribution < 1.29 is 103 Å². The molecule has 96 valence electrons. The molecule has 0 saturated carbocycles. The first-order valence-corrected chi connectivity index (χ1v) is 5.49. The Balaban J connectivity index is -0.00000112. The number of aliphatic hydroxyl groups excluding tert-OH is 4. The van der Waals surface area contributed by atoms with Crippen LogP contribution < -0.4 is 68.9 Å². The van der Waals surface area contributed by atoms with E-state index in [1.165, 1.54) is 0 Å². The molecule has 0 amide bonds. The van der Waals surface area contributed by atoms with Gasteiger partial charge in [0.05, 0.1) is 14.4 Å². The minimum atomic E-state index is -5.30.